The zero-order valence-electron chi connectivity index (χ0n) is 19.3. The van der Waals surface area contributed by atoms with Crippen LogP contribution in [0.2, 0.25) is 0 Å². The summed E-state index contributed by atoms with van der Waals surface area (Å²) in [6.07, 6.45) is 11.6. The van der Waals surface area contributed by atoms with Crippen LogP contribution in [-0.4, -0.2) is 55.2 Å². The van der Waals surface area contributed by atoms with Crippen molar-refractivity contribution in [3.63, 3.8) is 0 Å². The molecule has 0 saturated heterocycles. The maximum absolute atomic E-state index is 14.8. The predicted molar refractivity (Wildman–Crippen MR) is 133 cm³/mol. The van der Waals surface area contributed by atoms with Gasteiger partial charge in [-0.1, -0.05) is 23.9 Å². The number of pyridine rings is 1. The highest BCUT2D eigenvalue weighted by Gasteiger charge is 2.21. The third-order valence-corrected chi connectivity index (χ3v) is 6.46. The number of hydrogen-bond donors (Lipinski definition) is 3. The van der Waals surface area contributed by atoms with E-state index in [1.807, 2.05) is 6.07 Å². The standard InChI is InChI=1S/C24H25F2N7O2S/c25-19-12-22(20(26)11-18(19)21(13-27)30-29-9-10-34)35-15-23-31-32-24(36-17-6-2-1-3-7-17)33(23)16-5-4-8-28-14-16/h2,4-6,8,11-14,17,27,29,34H,1,3,7,9-10,15H2/b27-13?,30-21+. The van der Waals surface area contributed by atoms with Crippen molar-refractivity contribution in [2.45, 2.75) is 36.3 Å². The summed E-state index contributed by atoms with van der Waals surface area (Å²) in [6, 6.07) is 5.47. The van der Waals surface area contributed by atoms with Gasteiger partial charge in [-0.05, 0) is 37.5 Å². The molecule has 36 heavy (non-hydrogen) atoms. The molecular formula is C24H25F2N7O2S. The van der Waals surface area contributed by atoms with Gasteiger partial charge in [0.05, 0.1) is 25.0 Å². The SMILES string of the molecule is N=C/C(=N\NCCO)c1cc(F)c(OCc2nnc(SC3C=CCCC3)n2-c2cccnc2)cc1F. The fraction of sp³-hybridized carbons (Fsp3) is 0.292. The molecular weight excluding hydrogens is 488 g/mol. The van der Waals surface area contributed by atoms with Gasteiger partial charge in [0, 0.05) is 29.3 Å². The number of aliphatic hydroxyl groups is 1. The predicted octanol–water partition coefficient (Wildman–Crippen LogP) is 3.66. The molecule has 1 aliphatic carbocycles. The van der Waals surface area contributed by atoms with Crippen LogP contribution in [0.4, 0.5) is 8.78 Å². The normalized spacial score (nSPS) is 15.6. The Morgan fingerprint density at radius 3 is 2.94 bits per heavy atom. The molecule has 0 spiro atoms. The van der Waals surface area contributed by atoms with Crippen molar-refractivity contribution in [1.82, 2.24) is 25.2 Å². The number of thioether (sulfide) groups is 1. The van der Waals surface area contributed by atoms with Gasteiger partial charge in [0.25, 0.3) is 0 Å². The number of allylic oxidation sites excluding steroid dienone is 1. The van der Waals surface area contributed by atoms with Crippen LogP contribution in [0.1, 0.15) is 30.7 Å². The Hall–Kier alpha value is -3.64. The quantitative estimate of drug-likeness (QED) is 0.155. The van der Waals surface area contributed by atoms with Crippen LogP contribution in [0.5, 0.6) is 5.75 Å². The molecule has 1 aromatic carbocycles. The van der Waals surface area contributed by atoms with E-state index < -0.39 is 11.6 Å². The fourth-order valence-corrected chi connectivity index (χ4v) is 4.72. The van der Waals surface area contributed by atoms with Gasteiger partial charge in [0.15, 0.2) is 22.5 Å². The lowest BCUT2D eigenvalue weighted by atomic mass is 10.1. The number of nitrogens with zero attached hydrogens (tertiary/aromatic N) is 5. The molecule has 188 valence electrons. The molecule has 2 heterocycles. The van der Waals surface area contributed by atoms with Crippen LogP contribution in [-0.2, 0) is 6.61 Å². The van der Waals surface area contributed by atoms with Crippen molar-refractivity contribution in [2.24, 2.45) is 5.10 Å². The van der Waals surface area contributed by atoms with Crippen molar-refractivity contribution in [2.75, 3.05) is 13.2 Å². The molecule has 2 aromatic heterocycles. The number of hydrogen-bond acceptors (Lipinski definition) is 9. The Bertz CT molecular complexity index is 1250. The van der Waals surface area contributed by atoms with Crippen LogP contribution >= 0.6 is 11.8 Å². The minimum Gasteiger partial charge on any atom is -0.482 e. The Morgan fingerprint density at radius 1 is 1.33 bits per heavy atom. The van der Waals surface area contributed by atoms with E-state index in [1.54, 1.807) is 34.8 Å². The largest absolute Gasteiger partial charge is 0.482 e. The summed E-state index contributed by atoms with van der Waals surface area (Å²) >= 11 is 1.58. The van der Waals surface area contributed by atoms with E-state index in [4.69, 9.17) is 15.3 Å². The average molecular weight is 514 g/mol. The zero-order valence-corrected chi connectivity index (χ0v) is 20.1. The van der Waals surface area contributed by atoms with Gasteiger partial charge in [-0.25, -0.2) is 8.78 Å². The molecule has 3 N–H and O–H groups in total. The molecule has 0 fully saturated rings. The average Bonchev–Trinajstić information content (AvgIpc) is 3.30. The third kappa shape index (κ3) is 6.13. The Balaban J connectivity index is 1.57. The van der Waals surface area contributed by atoms with E-state index in [0.717, 1.165) is 43.3 Å². The molecule has 0 bridgehead atoms. The van der Waals surface area contributed by atoms with Gasteiger partial charge in [-0.2, -0.15) is 5.10 Å². The molecule has 0 saturated carbocycles. The second kappa shape index (κ2) is 12.4. The minimum atomic E-state index is -0.822. The van der Waals surface area contributed by atoms with Crippen molar-refractivity contribution in [3.8, 4) is 11.4 Å². The number of aliphatic hydroxyl groups excluding tert-OH is 1. The van der Waals surface area contributed by atoms with Gasteiger partial charge in [-0.3, -0.25) is 9.55 Å². The van der Waals surface area contributed by atoms with E-state index >= 15 is 0 Å². The number of aromatic nitrogens is 4. The Labute approximate surface area is 210 Å². The highest BCUT2D eigenvalue weighted by molar-refractivity contribution is 7.99. The highest BCUT2D eigenvalue weighted by Crippen LogP contribution is 2.31. The fourth-order valence-electron chi connectivity index (χ4n) is 3.57. The van der Waals surface area contributed by atoms with Crippen molar-refractivity contribution in [1.29, 1.82) is 5.41 Å². The molecule has 0 aliphatic heterocycles. The Kier molecular flexibility index (Phi) is 8.74. The summed E-state index contributed by atoms with van der Waals surface area (Å²) in [4.78, 5) is 4.18. The molecule has 3 aromatic rings. The first-order valence-electron chi connectivity index (χ1n) is 11.3. The van der Waals surface area contributed by atoms with Gasteiger partial charge in [0.1, 0.15) is 18.1 Å². The number of hydrazone groups is 1. The molecule has 0 amide bonds. The second-order valence-electron chi connectivity index (χ2n) is 7.79. The van der Waals surface area contributed by atoms with E-state index in [2.05, 4.69) is 37.9 Å². The monoisotopic (exact) mass is 513 g/mol. The summed E-state index contributed by atoms with van der Waals surface area (Å²) in [7, 11) is 0. The summed E-state index contributed by atoms with van der Waals surface area (Å²) < 4.78 is 37.0. The van der Waals surface area contributed by atoms with Gasteiger partial charge in [-0.15, -0.1) is 10.2 Å². The summed E-state index contributed by atoms with van der Waals surface area (Å²) in [5.41, 5.74) is 2.88. The summed E-state index contributed by atoms with van der Waals surface area (Å²) in [5, 5.41) is 29.6. The first-order chi connectivity index (χ1) is 17.6. The molecule has 4 rings (SSSR count). The van der Waals surface area contributed by atoms with Crippen LogP contribution in [0.25, 0.3) is 5.69 Å². The number of benzene rings is 1. The smallest absolute Gasteiger partial charge is 0.196 e. The third-order valence-electron chi connectivity index (χ3n) is 5.29. The van der Waals surface area contributed by atoms with Crippen LogP contribution in [0.15, 0.2) is 59.1 Å². The molecule has 0 radical (unpaired) electrons. The number of halogens is 2. The first-order valence-corrected chi connectivity index (χ1v) is 12.2. The zero-order chi connectivity index (χ0) is 25.3. The van der Waals surface area contributed by atoms with Crippen molar-refractivity contribution in [3.05, 3.63) is 71.8 Å². The lowest BCUT2D eigenvalue weighted by Crippen LogP contribution is -2.17. The van der Waals surface area contributed by atoms with Gasteiger partial charge < -0.3 is 20.7 Å². The van der Waals surface area contributed by atoms with Crippen LogP contribution in [0.3, 0.4) is 0 Å². The second-order valence-corrected chi connectivity index (χ2v) is 8.99. The van der Waals surface area contributed by atoms with E-state index in [-0.39, 0.29) is 42.0 Å². The first kappa shape index (κ1) is 25.5. The lowest BCUT2D eigenvalue weighted by Gasteiger charge is -2.16. The van der Waals surface area contributed by atoms with Crippen LogP contribution < -0.4 is 10.2 Å². The van der Waals surface area contributed by atoms with Crippen molar-refractivity contribution >= 4 is 23.7 Å². The molecule has 12 heteroatoms. The number of nitrogens with one attached hydrogen (secondary N) is 2. The van der Waals surface area contributed by atoms with E-state index in [0.29, 0.717) is 11.0 Å². The maximum Gasteiger partial charge on any atom is 0.196 e. The molecule has 1 aliphatic rings. The van der Waals surface area contributed by atoms with E-state index in [1.165, 1.54) is 0 Å². The number of ether oxygens (including phenoxy) is 1. The molecule has 9 nitrogen and oxygen atoms in total. The van der Waals surface area contributed by atoms with Gasteiger partial charge in [0.2, 0.25) is 0 Å². The van der Waals surface area contributed by atoms with Crippen LogP contribution in [0, 0.1) is 17.0 Å². The molecule has 1 atom stereocenters. The molecule has 1 unspecified atom stereocenters. The van der Waals surface area contributed by atoms with Gasteiger partial charge >= 0.3 is 0 Å². The summed E-state index contributed by atoms with van der Waals surface area (Å²) in [6.45, 7) is -0.251. The number of rotatable bonds is 11. The lowest BCUT2D eigenvalue weighted by molar-refractivity contribution is 0.276. The van der Waals surface area contributed by atoms with Crippen molar-refractivity contribution < 1.29 is 18.6 Å². The minimum absolute atomic E-state index is 0.109. The van der Waals surface area contributed by atoms with E-state index in [9.17, 15) is 8.78 Å². The highest BCUT2D eigenvalue weighted by atomic mass is 32.2. The maximum atomic E-state index is 14.8. The Morgan fingerprint density at radius 2 is 2.22 bits per heavy atom. The summed E-state index contributed by atoms with van der Waals surface area (Å²) in [5.74, 6) is -1.54. The topological polar surface area (TPSA) is 121 Å².